The molecule has 0 amide bonds. The first-order valence-electron chi connectivity index (χ1n) is 9.54. The molecule has 5 heteroatoms. The van der Waals surface area contributed by atoms with E-state index in [9.17, 15) is 9.90 Å². The van der Waals surface area contributed by atoms with Crippen LogP contribution in [-0.2, 0) is 12.0 Å². The second-order valence-electron chi connectivity index (χ2n) is 8.00. The molecule has 0 radical (unpaired) electrons. The number of aromatic amines is 1. The molecule has 0 bridgehead atoms. The lowest BCUT2D eigenvalue weighted by Gasteiger charge is -2.38. The number of aromatic nitrogens is 2. The Morgan fingerprint density at radius 2 is 2.00 bits per heavy atom. The van der Waals surface area contributed by atoms with E-state index < -0.39 is 0 Å². The highest BCUT2D eigenvalue weighted by Crippen LogP contribution is 2.47. The number of fused-ring (bicyclic) bond motifs is 3. The third-order valence-corrected chi connectivity index (χ3v) is 6.40. The zero-order chi connectivity index (χ0) is 18.6. The molecule has 2 aliphatic rings. The monoisotopic (exact) mass is 361 g/mol. The summed E-state index contributed by atoms with van der Waals surface area (Å²) in [6.45, 7) is 2.01. The van der Waals surface area contributed by atoms with Crippen molar-refractivity contribution in [2.24, 2.45) is 0 Å². The lowest BCUT2D eigenvalue weighted by molar-refractivity contribution is 0.0945. The third kappa shape index (κ3) is 2.53. The molecule has 1 saturated heterocycles. The predicted molar refractivity (Wildman–Crippen MR) is 105 cm³/mol. The zero-order valence-electron chi connectivity index (χ0n) is 15.5. The number of ketones is 1. The van der Waals surface area contributed by atoms with Gasteiger partial charge in [-0.15, -0.1) is 0 Å². The number of H-pyrrole nitrogens is 1. The van der Waals surface area contributed by atoms with E-state index in [2.05, 4.69) is 28.0 Å². The van der Waals surface area contributed by atoms with E-state index in [-0.39, 0.29) is 17.8 Å². The largest absolute Gasteiger partial charge is 0.390 e. The Balaban J connectivity index is 1.61. The van der Waals surface area contributed by atoms with E-state index >= 15 is 0 Å². The number of carbonyl (C=O) groups excluding carboxylic acids is 1. The predicted octanol–water partition coefficient (Wildman–Crippen LogP) is 3.27. The summed E-state index contributed by atoms with van der Waals surface area (Å²) in [7, 11) is 2.15. The number of nitrogens with zero attached hydrogens (tertiary/aromatic N) is 2. The molecule has 1 aromatic carbocycles. The van der Waals surface area contributed by atoms with Gasteiger partial charge in [0.15, 0.2) is 5.78 Å². The minimum Gasteiger partial charge on any atom is -0.390 e. The molecule has 2 N–H and O–H groups in total. The van der Waals surface area contributed by atoms with Crippen molar-refractivity contribution in [3.05, 3.63) is 53.3 Å². The van der Waals surface area contributed by atoms with Crippen LogP contribution >= 0.6 is 0 Å². The molecule has 1 fully saturated rings. The summed E-state index contributed by atoms with van der Waals surface area (Å²) in [5.41, 5.74) is 5.78. The number of Topliss-reactive ketones (excluding diaryl/α,β-unsaturated/α-hetero) is 1. The first-order valence-corrected chi connectivity index (χ1v) is 9.54. The second-order valence-corrected chi connectivity index (χ2v) is 8.00. The number of carbonyl (C=O) groups is 1. The number of pyridine rings is 1. The number of rotatable bonds is 2. The lowest BCUT2D eigenvalue weighted by Crippen LogP contribution is -2.39. The SMILES string of the molecule is CN1CCC2(CC1)CC(=O)c1ccc(-c3c[nH]c4nc(CO)ccc34)cc12. The molecule has 3 aromatic rings. The molecule has 1 aliphatic heterocycles. The van der Waals surface area contributed by atoms with Crippen LogP contribution in [0.3, 0.4) is 0 Å². The highest BCUT2D eigenvalue weighted by atomic mass is 16.3. The summed E-state index contributed by atoms with van der Waals surface area (Å²) < 4.78 is 0. The Bertz CT molecular complexity index is 1040. The lowest BCUT2D eigenvalue weighted by atomic mass is 9.73. The number of aliphatic hydroxyl groups is 1. The van der Waals surface area contributed by atoms with Crippen LogP contribution in [0.25, 0.3) is 22.2 Å². The highest BCUT2D eigenvalue weighted by molar-refractivity contribution is 6.03. The third-order valence-electron chi connectivity index (χ3n) is 6.40. The molecule has 1 spiro atoms. The maximum Gasteiger partial charge on any atom is 0.164 e. The molecule has 5 nitrogen and oxygen atoms in total. The fourth-order valence-electron chi connectivity index (χ4n) is 4.76. The van der Waals surface area contributed by atoms with Crippen LogP contribution in [0.4, 0.5) is 0 Å². The molecule has 1 aliphatic carbocycles. The minimum absolute atomic E-state index is 0.00333. The average molecular weight is 361 g/mol. The molecule has 0 atom stereocenters. The Labute approximate surface area is 158 Å². The zero-order valence-corrected chi connectivity index (χ0v) is 15.5. The maximum absolute atomic E-state index is 12.6. The molecule has 138 valence electrons. The van der Waals surface area contributed by atoms with Crippen LogP contribution in [0, 0.1) is 0 Å². The molecule has 0 unspecified atom stereocenters. The van der Waals surface area contributed by atoms with Crippen molar-refractivity contribution < 1.29 is 9.90 Å². The van der Waals surface area contributed by atoms with Gasteiger partial charge in [0.05, 0.1) is 12.3 Å². The van der Waals surface area contributed by atoms with Gasteiger partial charge in [-0.1, -0.05) is 12.1 Å². The fraction of sp³-hybridized carbons (Fsp3) is 0.364. The summed E-state index contributed by atoms with van der Waals surface area (Å²) >= 11 is 0. The molecule has 3 heterocycles. The Morgan fingerprint density at radius 3 is 2.78 bits per heavy atom. The number of hydrogen-bond donors (Lipinski definition) is 2. The topological polar surface area (TPSA) is 69.2 Å². The van der Waals surface area contributed by atoms with Crippen molar-refractivity contribution in [3.8, 4) is 11.1 Å². The first kappa shape index (κ1) is 16.7. The van der Waals surface area contributed by atoms with Gasteiger partial charge < -0.3 is 15.0 Å². The normalized spacial score (nSPS) is 19.1. The van der Waals surface area contributed by atoms with Gasteiger partial charge in [-0.25, -0.2) is 4.98 Å². The first-order chi connectivity index (χ1) is 13.1. The molecular formula is C22H23N3O2. The summed E-state index contributed by atoms with van der Waals surface area (Å²) in [5.74, 6) is 0.286. The number of likely N-dealkylation sites (tertiary alicyclic amines) is 1. The number of benzene rings is 1. The number of nitrogens with one attached hydrogen (secondary N) is 1. The van der Waals surface area contributed by atoms with Gasteiger partial charge in [0.2, 0.25) is 0 Å². The minimum atomic E-state index is -0.0672. The van der Waals surface area contributed by atoms with Crippen molar-refractivity contribution in [3.63, 3.8) is 0 Å². The van der Waals surface area contributed by atoms with Crippen LogP contribution in [0.5, 0.6) is 0 Å². The summed E-state index contributed by atoms with van der Waals surface area (Å²) in [5, 5.41) is 10.3. The van der Waals surface area contributed by atoms with Gasteiger partial charge in [-0.05, 0) is 62.3 Å². The van der Waals surface area contributed by atoms with Gasteiger partial charge in [0.25, 0.3) is 0 Å². The summed E-state index contributed by atoms with van der Waals surface area (Å²) in [4.78, 5) is 22.7. The van der Waals surface area contributed by atoms with E-state index in [1.807, 2.05) is 30.5 Å². The molecule has 5 rings (SSSR count). The summed E-state index contributed by atoms with van der Waals surface area (Å²) in [6, 6.07) is 10.1. The molecule has 27 heavy (non-hydrogen) atoms. The van der Waals surface area contributed by atoms with E-state index in [0.29, 0.717) is 12.1 Å². The van der Waals surface area contributed by atoms with Gasteiger partial charge >= 0.3 is 0 Å². The molecule has 0 saturated carbocycles. The van der Waals surface area contributed by atoms with Crippen LogP contribution in [0.2, 0.25) is 0 Å². The van der Waals surface area contributed by atoms with Crippen LogP contribution in [-0.4, -0.2) is 45.9 Å². The van der Waals surface area contributed by atoms with Gasteiger partial charge in [-0.2, -0.15) is 0 Å². The van der Waals surface area contributed by atoms with E-state index in [0.717, 1.165) is 53.7 Å². The van der Waals surface area contributed by atoms with Crippen LogP contribution in [0.15, 0.2) is 36.5 Å². The average Bonchev–Trinajstić information content (AvgIpc) is 3.23. The standard InChI is InChI=1S/C22H23N3O2/c1-25-8-6-22(7-9-25)11-20(27)17-4-2-14(10-19(17)22)18-12-23-21-16(18)5-3-15(13-26)24-21/h2-5,10,12,26H,6-9,11,13H2,1H3,(H,23,24). The van der Waals surface area contributed by atoms with Crippen molar-refractivity contribution in [1.82, 2.24) is 14.9 Å². The molecular weight excluding hydrogens is 338 g/mol. The fourth-order valence-corrected chi connectivity index (χ4v) is 4.76. The van der Waals surface area contributed by atoms with Crippen LogP contribution in [0.1, 0.15) is 40.9 Å². The Hall–Kier alpha value is -2.50. The quantitative estimate of drug-likeness (QED) is 0.735. The van der Waals surface area contributed by atoms with E-state index in [4.69, 9.17) is 0 Å². The van der Waals surface area contributed by atoms with E-state index in [1.54, 1.807) is 0 Å². The van der Waals surface area contributed by atoms with Gasteiger partial charge in [0, 0.05) is 34.5 Å². The number of hydrogen-bond acceptors (Lipinski definition) is 4. The molecule has 2 aromatic heterocycles. The van der Waals surface area contributed by atoms with Crippen molar-refractivity contribution in [1.29, 1.82) is 0 Å². The van der Waals surface area contributed by atoms with Crippen molar-refractivity contribution in [2.45, 2.75) is 31.3 Å². The smallest absolute Gasteiger partial charge is 0.164 e. The van der Waals surface area contributed by atoms with Crippen LogP contribution < -0.4 is 0 Å². The van der Waals surface area contributed by atoms with E-state index in [1.165, 1.54) is 5.56 Å². The Kier molecular flexibility index (Phi) is 3.71. The number of piperidine rings is 1. The van der Waals surface area contributed by atoms with Gasteiger partial charge in [-0.3, -0.25) is 4.79 Å². The Morgan fingerprint density at radius 1 is 1.19 bits per heavy atom. The van der Waals surface area contributed by atoms with Crippen molar-refractivity contribution >= 4 is 16.8 Å². The second kappa shape index (κ2) is 6.01. The number of aliphatic hydroxyl groups excluding tert-OH is 1. The summed E-state index contributed by atoms with van der Waals surface area (Å²) in [6.07, 6.45) is 4.70. The maximum atomic E-state index is 12.6. The highest BCUT2D eigenvalue weighted by Gasteiger charge is 2.44. The van der Waals surface area contributed by atoms with Gasteiger partial charge in [0.1, 0.15) is 5.65 Å². The van der Waals surface area contributed by atoms with Crippen molar-refractivity contribution in [2.75, 3.05) is 20.1 Å².